The number of hydrogen-bond acceptors (Lipinski definition) is 2. The first kappa shape index (κ1) is 16.5. The lowest BCUT2D eigenvalue weighted by atomic mass is 9.91. The Hall–Kier alpha value is -2.39. The third-order valence-corrected chi connectivity index (χ3v) is 4.39. The van der Waals surface area contributed by atoms with Crippen molar-refractivity contribution in [2.45, 2.75) is 19.3 Å². The van der Waals surface area contributed by atoms with Crippen LogP contribution in [0.15, 0.2) is 60.7 Å². The number of allylic oxidation sites excluding steroid dienone is 1. The SMILES string of the molecule is Cn1c(-c2ccccc2Cl)nnc1C(C)(C)C=Cc1ccccc1. The van der Waals surface area contributed by atoms with Crippen LogP contribution in [0.4, 0.5) is 0 Å². The van der Waals surface area contributed by atoms with Gasteiger partial charge in [0.05, 0.1) is 5.02 Å². The fourth-order valence-electron chi connectivity index (χ4n) is 2.71. The maximum absolute atomic E-state index is 6.30. The number of hydrogen-bond donors (Lipinski definition) is 0. The Morgan fingerprint density at radius 3 is 2.33 bits per heavy atom. The number of nitrogens with zero attached hydrogens (tertiary/aromatic N) is 3. The molecule has 0 bridgehead atoms. The molecule has 0 unspecified atom stereocenters. The lowest BCUT2D eigenvalue weighted by Gasteiger charge is -2.19. The van der Waals surface area contributed by atoms with E-state index >= 15 is 0 Å². The second kappa shape index (κ2) is 6.62. The van der Waals surface area contributed by atoms with Crippen LogP contribution in [0.1, 0.15) is 25.2 Å². The Morgan fingerprint density at radius 1 is 0.958 bits per heavy atom. The summed E-state index contributed by atoms with van der Waals surface area (Å²) in [6.45, 7) is 4.26. The van der Waals surface area contributed by atoms with Crippen LogP contribution in [-0.4, -0.2) is 14.8 Å². The van der Waals surface area contributed by atoms with Gasteiger partial charge in [-0.25, -0.2) is 0 Å². The van der Waals surface area contributed by atoms with Crippen LogP contribution in [0.5, 0.6) is 0 Å². The molecule has 1 heterocycles. The molecule has 122 valence electrons. The van der Waals surface area contributed by atoms with Crippen molar-refractivity contribution in [1.29, 1.82) is 0 Å². The van der Waals surface area contributed by atoms with Crippen LogP contribution in [0.3, 0.4) is 0 Å². The predicted molar refractivity (Wildman–Crippen MR) is 100.0 cm³/mol. The van der Waals surface area contributed by atoms with Crippen LogP contribution in [-0.2, 0) is 12.5 Å². The molecule has 3 rings (SSSR count). The average Bonchev–Trinajstić information content (AvgIpc) is 2.97. The summed E-state index contributed by atoms with van der Waals surface area (Å²) in [5.41, 5.74) is 1.80. The average molecular weight is 338 g/mol. The zero-order valence-electron chi connectivity index (χ0n) is 14.1. The van der Waals surface area contributed by atoms with Gasteiger partial charge in [-0.15, -0.1) is 10.2 Å². The third-order valence-electron chi connectivity index (χ3n) is 4.06. The molecule has 0 aliphatic carbocycles. The molecule has 0 amide bonds. The van der Waals surface area contributed by atoms with Crippen molar-refractivity contribution in [3.8, 4) is 11.4 Å². The van der Waals surface area contributed by atoms with Gasteiger partial charge in [-0.05, 0) is 31.5 Å². The fourth-order valence-corrected chi connectivity index (χ4v) is 2.93. The van der Waals surface area contributed by atoms with Crippen molar-refractivity contribution in [2.24, 2.45) is 7.05 Å². The molecule has 3 nitrogen and oxygen atoms in total. The number of aromatic nitrogens is 3. The van der Waals surface area contributed by atoms with E-state index in [1.807, 2.05) is 54.1 Å². The minimum absolute atomic E-state index is 0.253. The van der Waals surface area contributed by atoms with Gasteiger partial charge in [-0.3, -0.25) is 0 Å². The molecule has 0 saturated carbocycles. The number of benzene rings is 2. The standard InChI is InChI=1S/C20H20ClN3/c1-20(2,14-13-15-9-5-4-6-10-15)19-23-22-18(24(19)3)16-11-7-8-12-17(16)21/h4-14H,1-3H3. The van der Waals surface area contributed by atoms with Gasteiger partial charge in [0, 0.05) is 18.0 Å². The molecule has 4 heteroatoms. The molecule has 0 aliphatic heterocycles. The van der Waals surface area contributed by atoms with E-state index in [2.05, 4.69) is 48.3 Å². The van der Waals surface area contributed by atoms with Gasteiger partial charge in [0.25, 0.3) is 0 Å². The Balaban J connectivity index is 1.95. The van der Waals surface area contributed by atoms with Crippen molar-refractivity contribution >= 4 is 17.7 Å². The molecule has 1 aromatic heterocycles. The van der Waals surface area contributed by atoms with Crippen molar-refractivity contribution in [3.63, 3.8) is 0 Å². The van der Waals surface area contributed by atoms with Crippen LogP contribution >= 0.6 is 11.6 Å². The second-order valence-corrected chi connectivity index (χ2v) is 6.76. The summed E-state index contributed by atoms with van der Waals surface area (Å²) in [6.07, 6.45) is 4.27. The minimum Gasteiger partial charge on any atom is -0.313 e. The molecule has 3 aromatic rings. The van der Waals surface area contributed by atoms with Crippen LogP contribution in [0.25, 0.3) is 17.5 Å². The monoisotopic (exact) mass is 337 g/mol. The highest BCUT2D eigenvalue weighted by molar-refractivity contribution is 6.33. The van der Waals surface area contributed by atoms with Crippen molar-refractivity contribution in [2.75, 3.05) is 0 Å². The summed E-state index contributed by atoms with van der Waals surface area (Å²) in [5, 5.41) is 9.46. The molecular weight excluding hydrogens is 318 g/mol. The zero-order valence-corrected chi connectivity index (χ0v) is 14.8. The summed E-state index contributed by atoms with van der Waals surface area (Å²) >= 11 is 6.30. The smallest absolute Gasteiger partial charge is 0.165 e. The first-order chi connectivity index (χ1) is 11.5. The van der Waals surface area contributed by atoms with E-state index in [9.17, 15) is 0 Å². The molecule has 0 saturated heterocycles. The third kappa shape index (κ3) is 3.26. The highest BCUT2D eigenvalue weighted by atomic mass is 35.5. The maximum atomic E-state index is 6.30. The highest BCUT2D eigenvalue weighted by Gasteiger charge is 2.25. The first-order valence-electron chi connectivity index (χ1n) is 7.88. The largest absolute Gasteiger partial charge is 0.313 e. The molecule has 2 aromatic carbocycles. The molecule has 0 aliphatic rings. The van der Waals surface area contributed by atoms with Crippen LogP contribution in [0.2, 0.25) is 5.02 Å². The number of rotatable bonds is 4. The fraction of sp³-hybridized carbons (Fsp3) is 0.200. The van der Waals surface area contributed by atoms with E-state index in [0.717, 1.165) is 17.2 Å². The van der Waals surface area contributed by atoms with E-state index < -0.39 is 0 Å². The van der Waals surface area contributed by atoms with E-state index in [1.54, 1.807) is 0 Å². The summed E-state index contributed by atoms with van der Waals surface area (Å²) in [7, 11) is 1.98. The maximum Gasteiger partial charge on any atom is 0.165 e. The summed E-state index contributed by atoms with van der Waals surface area (Å²) < 4.78 is 2.01. The molecule has 0 spiro atoms. The molecular formula is C20H20ClN3. The van der Waals surface area contributed by atoms with Crippen LogP contribution < -0.4 is 0 Å². The van der Waals surface area contributed by atoms with Gasteiger partial charge < -0.3 is 4.57 Å². The van der Waals surface area contributed by atoms with Crippen molar-refractivity contribution in [1.82, 2.24) is 14.8 Å². The van der Waals surface area contributed by atoms with Gasteiger partial charge >= 0.3 is 0 Å². The quantitative estimate of drug-likeness (QED) is 0.661. The van der Waals surface area contributed by atoms with Crippen LogP contribution in [0, 0.1) is 0 Å². The predicted octanol–water partition coefficient (Wildman–Crippen LogP) is 5.13. The molecule has 0 fully saturated rings. The minimum atomic E-state index is -0.253. The van der Waals surface area contributed by atoms with Crippen molar-refractivity contribution in [3.05, 3.63) is 77.1 Å². The van der Waals surface area contributed by atoms with Gasteiger partial charge in [0.15, 0.2) is 5.82 Å². The lowest BCUT2D eigenvalue weighted by Crippen LogP contribution is -2.19. The topological polar surface area (TPSA) is 30.7 Å². The summed E-state index contributed by atoms with van der Waals surface area (Å²) in [5.74, 6) is 1.67. The summed E-state index contributed by atoms with van der Waals surface area (Å²) in [6, 6.07) is 17.9. The second-order valence-electron chi connectivity index (χ2n) is 6.35. The molecule has 24 heavy (non-hydrogen) atoms. The number of halogens is 1. The van der Waals surface area contributed by atoms with Crippen molar-refractivity contribution < 1.29 is 0 Å². The Bertz CT molecular complexity index is 864. The summed E-state index contributed by atoms with van der Waals surface area (Å²) in [4.78, 5) is 0. The van der Waals surface area contributed by atoms with E-state index in [0.29, 0.717) is 5.02 Å². The van der Waals surface area contributed by atoms with Gasteiger partial charge in [0.1, 0.15) is 5.82 Å². The molecule has 0 N–H and O–H groups in total. The first-order valence-corrected chi connectivity index (χ1v) is 8.26. The molecule has 0 radical (unpaired) electrons. The Morgan fingerprint density at radius 2 is 1.62 bits per heavy atom. The van der Waals surface area contributed by atoms with E-state index in [4.69, 9.17) is 11.6 Å². The highest BCUT2D eigenvalue weighted by Crippen LogP contribution is 2.30. The van der Waals surface area contributed by atoms with Gasteiger partial charge in [-0.1, -0.05) is 66.2 Å². The van der Waals surface area contributed by atoms with Gasteiger partial charge in [-0.2, -0.15) is 0 Å². The Labute approximate surface area is 147 Å². The zero-order chi connectivity index (χ0) is 17.2. The molecule has 0 atom stereocenters. The van der Waals surface area contributed by atoms with Gasteiger partial charge in [0.2, 0.25) is 0 Å². The normalized spacial score (nSPS) is 12.0. The van der Waals surface area contributed by atoms with E-state index in [-0.39, 0.29) is 5.41 Å². The lowest BCUT2D eigenvalue weighted by molar-refractivity contribution is 0.584. The Kier molecular flexibility index (Phi) is 4.54. The van der Waals surface area contributed by atoms with E-state index in [1.165, 1.54) is 5.56 Å².